The fourth-order valence-corrected chi connectivity index (χ4v) is 2.54. The highest BCUT2D eigenvalue weighted by atomic mass is 16.5. The maximum absolute atomic E-state index is 11.7. The number of nitrogens with zero attached hydrogens (tertiary/aromatic N) is 4. The largest absolute Gasteiger partial charge is 0.462 e. The second-order valence-corrected chi connectivity index (χ2v) is 6.38. The van der Waals surface area contributed by atoms with Gasteiger partial charge in [0.05, 0.1) is 41.5 Å². The first-order valence-electron chi connectivity index (χ1n) is 9.83. The quantitative estimate of drug-likeness (QED) is 0.324. The summed E-state index contributed by atoms with van der Waals surface area (Å²) in [5, 5.41) is 28.7. The molecule has 0 fully saturated rings. The summed E-state index contributed by atoms with van der Waals surface area (Å²) in [5.41, 5.74) is 4.12. The van der Waals surface area contributed by atoms with E-state index in [1.807, 2.05) is 24.3 Å². The number of hydrogen-bond acceptors (Lipinski definition) is 8. The van der Waals surface area contributed by atoms with Gasteiger partial charge in [0.1, 0.15) is 0 Å². The maximum Gasteiger partial charge on any atom is 0.338 e. The number of carbonyl (C=O) groups excluding carboxylic acids is 1. The number of carbonyl (C=O) groups is 1. The van der Waals surface area contributed by atoms with Crippen molar-refractivity contribution >= 4 is 34.4 Å². The van der Waals surface area contributed by atoms with E-state index < -0.39 is 0 Å². The van der Waals surface area contributed by atoms with E-state index in [4.69, 9.17) is 9.84 Å². The van der Waals surface area contributed by atoms with Crippen LogP contribution in [0, 0.1) is 0 Å². The topological polar surface area (TPSA) is 108 Å². The number of azo groups is 2. The van der Waals surface area contributed by atoms with E-state index in [1.54, 1.807) is 55.5 Å². The minimum Gasteiger partial charge on any atom is -0.462 e. The molecule has 0 saturated carbocycles. The molecule has 2 N–H and O–H groups in total. The zero-order valence-corrected chi connectivity index (χ0v) is 17.1. The zero-order valence-electron chi connectivity index (χ0n) is 17.1. The van der Waals surface area contributed by atoms with Gasteiger partial charge in [-0.2, -0.15) is 20.5 Å². The van der Waals surface area contributed by atoms with Crippen molar-refractivity contribution in [3.05, 3.63) is 78.4 Å². The molecule has 0 unspecified atom stereocenters. The lowest BCUT2D eigenvalue weighted by Crippen LogP contribution is -2.04. The lowest BCUT2D eigenvalue weighted by Gasteiger charge is -2.03. The Labute approximate surface area is 180 Å². The normalized spacial score (nSPS) is 11.2. The van der Waals surface area contributed by atoms with Crippen LogP contribution in [0.25, 0.3) is 0 Å². The van der Waals surface area contributed by atoms with E-state index in [0.29, 0.717) is 35.8 Å². The van der Waals surface area contributed by atoms with E-state index >= 15 is 0 Å². The van der Waals surface area contributed by atoms with E-state index in [9.17, 15) is 4.79 Å². The van der Waals surface area contributed by atoms with Gasteiger partial charge in [0.15, 0.2) is 0 Å². The van der Waals surface area contributed by atoms with Crippen LogP contribution in [-0.4, -0.2) is 30.8 Å². The van der Waals surface area contributed by atoms with Crippen LogP contribution < -0.4 is 5.32 Å². The number of rotatable bonds is 9. The highest BCUT2D eigenvalue weighted by Crippen LogP contribution is 2.24. The molecule has 3 aromatic carbocycles. The van der Waals surface area contributed by atoms with Gasteiger partial charge in [-0.25, -0.2) is 4.79 Å². The fraction of sp³-hybridized carbons (Fsp3) is 0.174. The number of hydrogen-bond donors (Lipinski definition) is 2. The lowest BCUT2D eigenvalue weighted by molar-refractivity contribution is 0.0526. The lowest BCUT2D eigenvalue weighted by atomic mass is 10.2. The first kappa shape index (κ1) is 21.8. The summed E-state index contributed by atoms with van der Waals surface area (Å²) in [4.78, 5) is 11.7. The van der Waals surface area contributed by atoms with Crippen LogP contribution in [0.3, 0.4) is 0 Å². The summed E-state index contributed by atoms with van der Waals surface area (Å²) in [6.45, 7) is 2.69. The van der Waals surface area contributed by atoms with Crippen LogP contribution in [0.2, 0.25) is 0 Å². The van der Waals surface area contributed by atoms with Crippen LogP contribution in [0.4, 0.5) is 28.4 Å². The molecule has 0 aliphatic rings. The van der Waals surface area contributed by atoms with Gasteiger partial charge in [-0.05, 0) is 79.7 Å². The second kappa shape index (κ2) is 11.3. The van der Waals surface area contributed by atoms with Crippen LogP contribution in [0.15, 0.2) is 93.3 Å². The Bertz CT molecular complexity index is 1030. The predicted octanol–water partition coefficient (Wildman–Crippen LogP) is 6.10. The van der Waals surface area contributed by atoms with Gasteiger partial charge in [-0.15, -0.1) is 0 Å². The van der Waals surface area contributed by atoms with Crippen molar-refractivity contribution in [2.45, 2.75) is 6.92 Å². The van der Waals surface area contributed by atoms with E-state index in [-0.39, 0.29) is 12.6 Å². The Morgan fingerprint density at radius 1 is 0.774 bits per heavy atom. The average molecular weight is 417 g/mol. The number of ether oxygens (including phenoxy) is 1. The van der Waals surface area contributed by atoms with E-state index in [0.717, 1.165) is 11.4 Å². The summed E-state index contributed by atoms with van der Waals surface area (Å²) in [7, 11) is 0. The molecule has 0 aliphatic heterocycles. The zero-order chi connectivity index (χ0) is 21.9. The van der Waals surface area contributed by atoms with Gasteiger partial charge in [0.25, 0.3) is 0 Å². The molecule has 0 spiro atoms. The van der Waals surface area contributed by atoms with Crippen molar-refractivity contribution in [3.63, 3.8) is 0 Å². The standard InChI is InChI=1S/C23H23N5O3/c1-2-31-23(30)17-3-5-19(6-4-17)25-27-21-11-13-22(14-12-21)28-26-20-9-7-18(8-10-20)24-15-16-29/h3-14,24,29H,2,15-16H2,1H3. The summed E-state index contributed by atoms with van der Waals surface area (Å²) >= 11 is 0. The third-order valence-corrected chi connectivity index (χ3v) is 4.10. The molecule has 31 heavy (non-hydrogen) atoms. The number of esters is 1. The van der Waals surface area contributed by atoms with Crippen molar-refractivity contribution in [1.29, 1.82) is 0 Å². The summed E-state index contributed by atoms with van der Waals surface area (Å²) in [6, 6.07) is 21.4. The van der Waals surface area contributed by atoms with E-state index in [2.05, 4.69) is 25.8 Å². The first-order chi connectivity index (χ1) is 15.2. The molecular weight excluding hydrogens is 394 g/mol. The number of aliphatic hydroxyl groups is 1. The minimum absolute atomic E-state index is 0.0821. The molecule has 0 bridgehead atoms. The molecule has 3 aromatic rings. The first-order valence-corrected chi connectivity index (χ1v) is 9.83. The molecule has 0 aliphatic carbocycles. The Morgan fingerprint density at radius 2 is 1.19 bits per heavy atom. The Balaban J connectivity index is 1.57. The average Bonchev–Trinajstić information content (AvgIpc) is 2.82. The Kier molecular flexibility index (Phi) is 7.96. The van der Waals surface area contributed by atoms with Crippen molar-refractivity contribution in [2.24, 2.45) is 20.5 Å². The van der Waals surface area contributed by atoms with Crippen LogP contribution in [0.5, 0.6) is 0 Å². The van der Waals surface area contributed by atoms with Crippen LogP contribution in [0.1, 0.15) is 17.3 Å². The van der Waals surface area contributed by atoms with Gasteiger partial charge in [0, 0.05) is 12.2 Å². The molecule has 0 saturated heterocycles. The predicted molar refractivity (Wildman–Crippen MR) is 119 cm³/mol. The Morgan fingerprint density at radius 3 is 1.61 bits per heavy atom. The van der Waals surface area contributed by atoms with E-state index in [1.165, 1.54) is 0 Å². The van der Waals surface area contributed by atoms with Gasteiger partial charge in [0.2, 0.25) is 0 Å². The second-order valence-electron chi connectivity index (χ2n) is 6.38. The van der Waals surface area contributed by atoms with Crippen molar-refractivity contribution in [2.75, 3.05) is 25.1 Å². The Hall–Kier alpha value is -3.91. The molecule has 8 heteroatoms. The summed E-state index contributed by atoms with van der Waals surface area (Å²) in [6.07, 6.45) is 0. The van der Waals surface area contributed by atoms with Gasteiger partial charge in [-0.3, -0.25) is 0 Å². The molecule has 158 valence electrons. The fourth-order valence-electron chi connectivity index (χ4n) is 2.54. The number of aliphatic hydroxyl groups excluding tert-OH is 1. The van der Waals surface area contributed by atoms with Crippen LogP contribution >= 0.6 is 0 Å². The maximum atomic E-state index is 11.7. The molecule has 0 aromatic heterocycles. The number of benzene rings is 3. The summed E-state index contributed by atoms with van der Waals surface area (Å²) < 4.78 is 4.95. The number of anilines is 1. The molecular formula is C23H23N5O3. The van der Waals surface area contributed by atoms with Crippen molar-refractivity contribution in [1.82, 2.24) is 0 Å². The van der Waals surface area contributed by atoms with Gasteiger partial charge >= 0.3 is 5.97 Å². The third-order valence-electron chi connectivity index (χ3n) is 4.10. The smallest absolute Gasteiger partial charge is 0.338 e. The summed E-state index contributed by atoms with van der Waals surface area (Å²) in [5.74, 6) is -0.356. The molecule has 3 rings (SSSR count). The monoisotopic (exact) mass is 417 g/mol. The number of nitrogens with one attached hydrogen (secondary N) is 1. The highest BCUT2D eigenvalue weighted by molar-refractivity contribution is 5.89. The third kappa shape index (κ3) is 6.83. The molecule has 0 radical (unpaired) electrons. The van der Waals surface area contributed by atoms with Crippen LogP contribution in [-0.2, 0) is 4.74 Å². The molecule has 8 nitrogen and oxygen atoms in total. The van der Waals surface area contributed by atoms with Gasteiger partial charge in [-0.1, -0.05) is 0 Å². The molecule has 0 amide bonds. The molecule has 0 heterocycles. The SMILES string of the molecule is CCOC(=O)c1ccc(N=Nc2ccc(N=Nc3ccc(NCCO)cc3)cc2)cc1. The minimum atomic E-state index is -0.356. The van der Waals surface area contributed by atoms with Gasteiger partial charge < -0.3 is 15.2 Å². The van der Waals surface area contributed by atoms with Crippen molar-refractivity contribution in [3.8, 4) is 0 Å². The molecule has 0 atom stereocenters. The highest BCUT2D eigenvalue weighted by Gasteiger charge is 2.05. The van der Waals surface area contributed by atoms with Crippen molar-refractivity contribution < 1.29 is 14.6 Å².